The van der Waals surface area contributed by atoms with Gasteiger partial charge in [-0.3, -0.25) is 4.90 Å². The molecule has 6 nitrogen and oxygen atoms in total. The lowest BCUT2D eigenvalue weighted by Crippen LogP contribution is -2.37. The molecule has 4 N–H and O–H groups in total. The van der Waals surface area contributed by atoms with Crippen LogP contribution in [-0.4, -0.2) is 65.3 Å². The minimum Gasteiger partial charge on any atom is -0.478 e. The SMILES string of the molecule is CN(C)CC1CC(O)CN1Cc1cccc(N)c1C(=O)O. The Morgan fingerprint density at radius 1 is 1.48 bits per heavy atom. The second kappa shape index (κ2) is 6.43. The van der Waals surface area contributed by atoms with E-state index in [4.69, 9.17) is 5.73 Å². The number of benzene rings is 1. The van der Waals surface area contributed by atoms with Gasteiger partial charge in [-0.2, -0.15) is 0 Å². The molecule has 2 rings (SSSR count). The molecule has 6 heteroatoms. The van der Waals surface area contributed by atoms with Gasteiger partial charge in [-0.15, -0.1) is 0 Å². The average Bonchev–Trinajstić information content (AvgIpc) is 2.68. The van der Waals surface area contributed by atoms with Crippen molar-refractivity contribution < 1.29 is 15.0 Å². The summed E-state index contributed by atoms with van der Waals surface area (Å²) in [7, 11) is 3.98. The van der Waals surface area contributed by atoms with Crippen molar-refractivity contribution in [2.75, 3.05) is 32.9 Å². The highest BCUT2D eigenvalue weighted by molar-refractivity contribution is 5.95. The third kappa shape index (κ3) is 3.72. The summed E-state index contributed by atoms with van der Waals surface area (Å²) >= 11 is 0. The molecule has 0 bridgehead atoms. The molecule has 1 aromatic rings. The van der Waals surface area contributed by atoms with Gasteiger partial charge in [0.05, 0.1) is 11.7 Å². The zero-order valence-corrected chi connectivity index (χ0v) is 12.5. The summed E-state index contributed by atoms with van der Waals surface area (Å²) in [5, 5.41) is 19.2. The van der Waals surface area contributed by atoms with E-state index in [2.05, 4.69) is 9.80 Å². The van der Waals surface area contributed by atoms with Gasteiger partial charge in [0, 0.05) is 31.4 Å². The minimum absolute atomic E-state index is 0.169. The van der Waals surface area contributed by atoms with E-state index in [1.807, 2.05) is 14.1 Å². The maximum Gasteiger partial charge on any atom is 0.338 e. The number of aliphatic hydroxyl groups is 1. The lowest BCUT2D eigenvalue weighted by atomic mass is 10.0. The number of aliphatic hydroxyl groups excluding tert-OH is 1. The number of nitrogens with zero attached hydrogens (tertiary/aromatic N) is 2. The molecule has 1 aliphatic rings. The molecule has 0 spiro atoms. The molecule has 2 unspecified atom stereocenters. The van der Waals surface area contributed by atoms with Crippen LogP contribution >= 0.6 is 0 Å². The first kappa shape index (κ1) is 15.8. The lowest BCUT2D eigenvalue weighted by molar-refractivity contribution is 0.0695. The number of carboxylic acid groups (broad SMARTS) is 1. The summed E-state index contributed by atoms with van der Waals surface area (Å²) in [6.07, 6.45) is 0.354. The predicted molar refractivity (Wildman–Crippen MR) is 81.2 cm³/mol. The van der Waals surface area contributed by atoms with Gasteiger partial charge in [0.15, 0.2) is 0 Å². The van der Waals surface area contributed by atoms with Gasteiger partial charge in [0.2, 0.25) is 0 Å². The number of likely N-dealkylation sites (tertiary alicyclic amines) is 1. The van der Waals surface area contributed by atoms with Gasteiger partial charge in [-0.25, -0.2) is 4.79 Å². The van der Waals surface area contributed by atoms with E-state index >= 15 is 0 Å². The number of rotatable bonds is 5. The highest BCUT2D eigenvalue weighted by atomic mass is 16.4. The van der Waals surface area contributed by atoms with E-state index in [1.54, 1.807) is 18.2 Å². The molecule has 1 heterocycles. The predicted octanol–water partition coefficient (Wildman–Crippen LogP) is 0.464. The molecule has 1 fully saturated rings. The largest absolute Gasteiger partial charge is 0.478 e. The first-order valence-corrected chi connectivity index (χ1v) is 7.06. The summed E-state index contributed by atoms with van der Waals surface area (Å²) in [6, 6.07) is 5.38. The molecule has 0 amide bonds. The molecule has 1 saturated heterocycles. The summed E-state index contributed by atoms with van der Waals surface area (Å²) in [5.74, 6) is -1.01. The molecular weight excluding hydrogens is 270 g/mol. The Bertz CT molecular complexity index is 519. The topological polar surface area (TPSA) is 90.0 Å². The standard InChI is InChI=1S/C15H23N3O3/c1-17(2)8-11-6-12(19)9-18(11)7-10-4-3-5-13(16)14(10)15(20)21/h3-5,11-12,19H,6-9,16H2,1-2H3,(H,20,21). The summed E-state index contributed by atoms with van der Waals surface area (Å²) < 4.78 is 0. The number of carboxylic acids is 1. The van der Waals surface area contributed by atoms with Gasteiger partial charge >= 0.3 is 5.97 Å². The van der Waals surface area contributed by atoms with Crippen molar-refractivity contribution in [1.82, 2.24) is 9.80 Å². The Balaban J connectivity index is 2.20. The van der Waals surface area contributed by atoms with Crippen LogP contribution in [0.25, 0.3) is 0 Å². The fourth-order valence-electron chi connectivity index (χ4n) is 2.99. The minimum atomic E-state index is -1.01. The molecule has 0 saturated carbocycles. The smallest absolute Gasteiger partial charge is 0.338 e. The molecule has 0 aliphatic carbocycles. The molecular formula is C15H23N3O3. The van der Waals surface area contributed by atoms with Gasteiger partial charge in [-0.1, -0.05) is 12.1 Å². The zero-order valence-electron chi connectivity index (χ0n) is 12.5. The van der Waals surface area contributed by atoms with E-state index in [0.717, 1.165) is 6.54 Å². The van der Waals surface area contributed by atoms with E-state index in [-0.39, 0.29) is 23.4 Å². The number of nitrogens with two attached hydrogens (primary N) is 1. The number of anilines is 1. The van der Waals surface area contributed by atoms with Crippen LogP contribution < -0.4 is 5.73 Å². The highest BCUT2D eigenvalue weighted by Gasteiger charge is 2.31. The van der Waals surface area contributed by atoms with Crippen LogP contribution in [0, 0.1) is 0 Å². The Morgan fingerprint density at radius 2 is 2.19 bits per heavy atom. The number of hydrogen-bond acceptors (Lipinski definition) is 5. The number of β-amino-alcohol motifs (C(OH)–C–C–N with tert-alkyl or cyclic N) is 1. The fraction of sp³-hybridized carbons (Fsp3) is 0.533. The average molecular weight is 293 g/mol. The fourth-order valence-corrected chi connectivity index (χ4v) is 2.99. The van der Waals surface area contributed by atoms with Crippen LogP contribution in [-0.2, 0) is 6.54 Å². The van der Waals surface area contributed by atoms with Gasteiger partial charge in [-0.05, 0) is 32.1 Å². The van der Waals surface area contributed by atoms with E-state index in [0.29, 0.717) is 25.1 Å². The summed E-state index contributed by atoms with van der Waals surface area (Å²) in [6.45, 7) is 1.89. The van der Waals surface area contributed by atoms with Crippen molar-refractivity contribution in [2.45, 2.75) is 25.1 Å². The number of nitrogen functional groups attached to an aromatic ring is 1. The van der Waals surface area contributed by atoms with Crippen LogP contribution in [0.15, 0.2) is 18.2 Å². The van der Waals surface area contributed by atoms with E-state index in [1.165, 1.54) is 0 Å². The van der Waals surface area contributed by atoms with Gasteiger partial charge in [0.1, 0.15) is 0 Å². The van der Waals surface area contributed by atoms with Gasteiger partial charge in [0.25, 0.3) is 0 Å². The van der Waals surface area contributed by atoms with Crippen LogP contribution in [0.2, 0.25) is 0 Å². The Hall–Kier alpha value is -1.63. The Morgan fingerprint density at radius 3 is 2.81 bits per heavy atom. The van der Waals surface area contributed by atoms with Crippen molar-refractivity contribution in [3.8, 4) is 0 Å². The number of likely N-dealkylation sites (N-methyl/N-ethyl adjacent to an activating group) is 1. The van der Waals surface area contributed by atoms with Crippen LogP contribution in [0.5, 0.6) is 0 Å². The van der Waals surface area contributed by atoms with Crippen LogP contribution in [0.3, 0.4) is 0 Å². The molecule has 0 aromatic heterocycles. The van der Waals surface area contributed by atoms with Crippen molar-refractivity contribution in [3.05, 3.63) is 29.3 Å². The quantitative estimate of drug-likeness (QED) is 0.684. The van der Waals surface area contributed by atoms with Crippen LogP contribution in [0.1, 0.15) is 22.3 Å². The van der Waals surface area contributed by atoms with Crippen LogP contribution in [0.4, 0.5) is 5.69 Å². The molecule has 2 atom stereocenters. The monoisotopic (exact) mass is 293 g/mol. The van der Waals surface area contributed by atoms with Crippen molar-refractivity contribution in [2.24, 2.45) is 0 Å². The Labute approximate surface area is 124 Å². The summed E-state index contributed by atoms with van der Waals surface area (Å²) in [4.78, 5) is 15.6. The zero-order chi connectivity index (χ0) is 15.6. The molecule has 116 valence electrons. The third-order valence-electron chi connectivity index (χ3n) is 3.85. The number of aromatic carboxylic acids is 1. The molecule has 1 aromatic carbocycles. The number of hydrogen-bond donors (Lipinski definition) is 3. The van der Waals surface area contributed by atoms with Crippen molar-refractivity contribution in [3.63, 3.8) is 0 Å². The third-order valence-corrected chi connectivity index (χ3v) is 3.85. The second-order valence-corrected chi connectivity index (χ2v) is 5.92. The molecule has 0 radical (unpaired) electrons. The van der Waals surface area contributed by atoms with E-state index in [9.17, 15) is 15.0 Å². The highest BCUT2D eigenvalue weighted by Crippen LogP contribution is 2.24. The molecule has 1 aliphatic heterocycles. The first-order chi connectivity index (χ1) is 9.88. The first-order valence-electron chi connectivity index (χ1n) is 7.06. The summed E-state index contributed by atoms with van der Waals surface area (Å²) in [5.41, 5.74) is 6.93. The maximum atomic E-state index is 11.4. The number of carbonyl (C=O) groups is 1. The molecule has 21 heavy (non-hydrogen) atoms. The van der Waals surface area contributed by atoms with Gasteiger partial charge < -0.3 is 20.8 Å². The second-order valence-electron chi connectivity index (χ2n) is 5.92. The lowest BCUT2D eigenvalue weighted by Gasteiger charge is -2.27. The maximum absolute atomic E-state index is 11.4. The Kier molecular flexibility index (Phi) is 4.82. The normalized spacial score (nSPS) is 22.9. The van der Waals surface area contributed by atoms with E-state index < -0.39 is 5.97 Å². The van der Waals surface area contributed by atoms with Crippen molar-refractivity contribution in [1.29, 1.82) is 0 Å². The van der Waals surface area contributed by atoms with Crippen molar-refractivity contribution >= 4 is 11.7 Å².